The summed E-state index contributed by atoms with van der Waals surface area (Å²) in [5, 5.41) is 18.1. The molecule has 1 aromatic heterocycles. The van der Waals surface area contributed by atoms with E-state index < -0.39 is 4.92 Å². The maximum absolute atomic E-state index is 11.0. The minimum atomic E-state index is -0.418. The largest absolute Gasteiger partial charge is 0.360 e. The van der Waals surface area contributed by atoms with Crippen molar-refractivity contribution in [2.45, 2.75) is 26.8 Å². The SMILES string of the molecule is Cc1nn(C)c(NC(CN)C(C)C)c1[N+](=O)[O-]. The van der Waals surface area contributed by atoms with Gasteiger partial charge in [0.2, 0.25) is 5.82 Å². The molecular formula is C10H19N5O2. The molecular weight excluding hydrogens is 222 g/mol. The highest BCUT2D eigenvalue weighted by Crippen LogP contribution is 2.28. The number of rotatable bonds is 5. The number of aryl methyl sites for hydroxylation is 2. The van der Waals surface area contributed by atoms with Crippen LogP contribution in [-0.4, -0.2) is 27.3 Å². The number of aromatic nitrogens is 2. The smallest absolute Gasteiger partial charge is 0.333 e. The van der Waals surface area contributed by atoms with Crippen LogP contribution >= 0.6 is 0 Å². The molecule has 0 spiro atoms. The highest BCUT2D eigenvalue weighted by atomic mass is 16.6. The van der Waals surface area contributed by atoms with Gasteiger partial charge < -0.3 is 11.1 Å². The maximum atomic E-state index is 11.0. The van der Waals surface area contributed by atoms with Gasteiger partial charge in [-0.25, -0.2) is 4.68 Å². The standard InChI is InChI=1S/C10H19N5O2/c1-6(2)8(5-11)12-10-9(15(16)17)7(3)13-14(10)4/h6,8,12H,5,11H2,1-4H3. The van der Waals surface area contributed by atoms with Crippen molar-refractivity contribution in [2.75, 3.05) is 11.9 Å². The first kappa shape index (κ1) is 13.4. The van der Waals surface area contributed by atoms with E-state index in [-0.39, 0.29) is 17.6 Å². The summed E-state index contributed by atoms with van der Waals surface area (Å²) in [6, 6.07) is -0.0106. The second-order valence-corrected chi connectivity index (χ2v) is 4.39. The third-order valence-corrected chi connectivity index (χ3v) is 2.75. The number of hydrogen-bond donors (Lipinski definition) is 2. The Morgan fingerprint density at radius 2 is 2.18 bits per heavy atom. The van der Waals surface area contributed by atoms with E-state index in [9.17, 15) is 10.1 Å². The Morgan fingerprint density at radius 3 is 2.59 bits per heavy atom. The van der Waals surface area contributed by atoms with E-state index in [0.717, 1.165) is 0 Å². The Kier molecular flexibility index (Phi) is 4.06. The van der Waals surface area contributed by atoms with Gasteiger partial charge in [0.1, 0.15) is 5.69 Å². The summed E-state index contributed by atoms with van der Waals surface area (Å²) in [5.74, 6) is 0.700. The van der Waals surface area contributed by atoms with Gasteiger partial charge in [0.25, 0.3) is 0 Å². The molecule has 0 bridgehead atoms. The Labute approximate surface area is 100 Å². The first-order valence-electron chi connectivity index (χ1n) is 5.53. The number of nitrogens with one attached hydrogen (secondary N) is 1. The quantitative estimate of drug-likeness (QED) is 0.592. The van der Waals surface area contributed by atoms with Gasteiger partial charge >= 0.3 is 5.69 Å². The van der Waals surface area contributed by atoms with Crippen molar-refractivity contribution >= 4 is 11.5 Å². The molecule has 0 amide bonds. The van der Waals surface area contributed by atoms with Gasteiger partial charge in [0, 0.05) is 19.6 Å². The lowest BCUT2D eigenvalue weighted by Gasteiger charge is -2.21. The highest BCUT2D eigenvalue weighted by Gasteiger charge is 2.26. The maximum Gasteiger partial charge on any atom is 0.333 e. The van der Waals surface area contributed by atoms with Gasteiger partial charge in [0.15, 0.2) is 0 Å². The van der Waals surface area contributed by atoms with Crippen molar-refractivity contribution in [2.24, 2.45) is 18.7 Å². The molecule has 7 heteroatoms. The molecule has 3 N–H and O–H groups in total. The molecule has 1 rings (SSSR count). The zero-order valence-corrected chi connectivity index (χ0v) is 10.6. The van der Waals surface area contributed by atoms with E-state index in [1.807, 2.05) is 13.8 Å². The van der Waals surface area contributed by atoms with Crippen LogP contribution in [0.2, 0.25) is 0 Å². The fraction of sp³-hybridized carbons (Fsp3) is 0.700. The summed E-state index contributed by atoms with van der Waals surface area (Å²) in [7, 11) is 1.68. The lowest BCUT2D eigenvalue weighted by Crippen LogP contribution is -2.34. The van der Waals surface area contributed by atoms with Crippen molar-refractivity contribution in [3.8, 4) is 0 Å². The van der Waals surface area contributed by atoms with Crippen LogP contribution in [0.25, 0.3) is 0 Å². The Morgan fingerprint density at radius 1 is 1.59 bits per heavy atom. The second-order valence-electron chi connectivity index (χ2n) is 4.39. The van der Waals surface area contributed by atoms with Crippen molar-refractivity contribution in [1.29, 1.82) is 0 Å². The molecule has 1 unspecified atom stereocenters. The van der Waals surface area contributed by atoms with Crippen LogP contribution in [0.1, 0.15) is 19.5 Å². The fourth-order valence-corrected chi connectivity index (χ4v) is 1.70. The summed E-state index contributed by atoms with van der Waals surface area (Å²) in [4.78, 5) is 10.6. The molecule has 7 nitrogen and oxygen atoms in total. The number of nitrogens with zero attached hydrogens (tertiary/aromatic N) is 3. The van der Waals surface area contributed by atoms with Crippen LogP contribution in [0.15, 0.2) is 0 Å². The molecule has 1 heterocycles. The molecule has 1 aromatic rings. The summed E-state index contributed by atoms with van der Waals surface area (Å²) >= 11 is 0. The normalized spacial score (nSPS) is 12.8. The first-order valence-corrected chi connectivity index (χ1v) is 5.53. The van der Waals surface area contributed by atoms with Gasteiger partial charge in [-0.2, -0.15) is 5.10 Å². The number of nitro groups is 1. The minimum Gasteiger partial charge on any atom is -0.360 e. The predicted molar refractivity (Wildman–Crippen MR) is 65.9 cm³/mol. The Balaban J connectivity index is 3.09. The Hall–Kier alpha value is -1.63. The minimum absolute atomic E-state index is 0.0106. The lowest BCUT2D eigenvalue weighted by molar-refractivity contribution is -0.384. The van der Waals surface area contributed by atoms with Gasteiger partial charge in [-0.1, -0.05) is 13.8 Å². The monoisotopic (exact) mass is 241 g/mol. The van der Waals surface area contributed by atoms with Crippen LogP contribution in [0.4, 0.5) is 11.5 Å². The molecule has 0 radical (unpaired) electrons. The molecule has 96 valence electrons. The molecule has 0 aliphatic heterocycles. The van der Waals surface area contributed by atoms with E-state index >= 15 is 0 Å². The molecule has 0 aliphatic carbocycles. The number of anilines is 1. The summed E-state index contributed by atoms with van der Waals surface area (Å²) in [5.41, 5.74) is 6.06. The van der Waals surface area contributed by atoms with Crippen LogP contribution in [0.3, 0.4) is 0 Å². The molecule has 0 saturated carbocycles. The zero-order valence-electron chi connectivity index (χ0n) is 10.6. The van der Waals surface area contributed by atoms with Gasteiger partial charge in [-0.3, -0.25) is 10.1 Å². The molecule has 1 atom stereocenters. The molecule has 0 saturated heterocycles. The van der Waals surface area contributed by atoms with Crippen molar-refractivity contribution in [3.05, 3.63) is 15.8 Å². The van der Waals surface area contributed by atoms with E-state index in [2.05, 4.69) is 10.4 Å². The van der Waals surface area contributed by atoms with Gasteiger partial charge in [-0.05, 0) is 12.8 Å². The van der Waals surface area contributed by atoms with Crippen LogP contribution < -0.4 is 11.1 Å². The van der Waals surface area contributed by atoms with E-state index in [1.54, 1.807) is 14.0 Å². The van der Waals surface area contributed by atoms with Crippen LogP contribution in [-0.2, 0) is 7.05 Å². The van der Waals surface area contributed by atoms with E-state index in [1.165, 1.54) is 4.68 Å². The summed E-state index contributed by atoms with van der Waals surface area (Å²) in [6.07, 6.45) is 0. The first-order chi connectivity index (χ1) is 7.88. The average molecular weight is 241 g/mol. The second kappa shape index (κ2) is 5.13. The fourth-order valence-electron chi connectivity index (χ4n) is 1.70. The molecule has 17 heavy (non-hydrogen) atoms. The van der Waals surface area contributed by atoms with Crippen molar-refractivity contribution < 1.29 is 4.92 Å². The molecule has 0 aromatic carbocycles. The van der Waals surface area contributed by atoms with Crippen molar-refractivity contribution in [1.82, 2.24) is 9.78 Å². The summed E-state index contributed by atoms with van der Waals surface area (Å²) < 4.78 is 1.48. The van der Waals surface area contributed by atoms with Crippen molar-refractivity contribution in [3.63, 3.8) is 0 Å². The average Bonchev–Trinajstić information content (AvgIpc) is 2.49. The summed E-state index contributed by atoms with van der Waals surface area (Å²) in [6.45, 7) is 6.06. The van der Waals surface area contributed by atoms with Gasteiger partial charge in [-0.15, -0.1) is 0 Å². The molecule has 0 aliphatic rings. The zero-order chi connectivity index (χ0) is 13.2. The number of nitrogens with two attached hydrogens (primary N) is 1. The van der Waals surface area contributed by atoms with E-state index in [0.29, 0.717) is 18.1 Å². The van der Waals surface area contributed by atoms with Gasteiger partial charge in [0.05, 0.1) is 4.92 Å². The highest BCUT2D eigenvalue weighted by molar-refractivity contribution is 5.59. The Bertz CT molecular complexity index is 413. The van der Waals surface area contributed by atoms with E-state index in [4.69, 9.17) is 5.73 Å². The lowest BCUT2D eigenvalue weighted by atomic mass is 10.0. The van der Waals surface area contributed by atoms with Crippen LogP contribution in [0, 0.1) is 23.0 Å². The topological polar surface area (TPSA) is 99.0 Å². The third-order valence-electron chi connectivity index (χ3n) is 2.75. The number of hydrogen-bond acceptors (Lipinski definition) is 5. The third kappa shape index (κ3) is 2.73. The van der Waals surface area contributed by atoms with Crippen LogP contribution in [0.5, 0.6) is 0 Å². The molecule has 0 fully saturated rings. The predicted octanol–water partition coefficient (Wildman–Crippen LogP) is 1.03.